The van der Waals surface area contributed by atoms with Crippen molar-refractivity contribution >= 4 is 62.4 Å². The Morgan fingerprint density at radius 3 is 2.13 bits per heavy atom. The highest BCUT2D eigenvalue weighted by molar-refractivity contribution is 8.01. The molecular weight excluding hydrogens is 528 g/mol. The number of carbonyl (C=O) groups is 3. The Hall–Kier alpha value is -4.47. The highest BCUT2D eigenvalue weighted by Gasteiger charge is 2.17. The highest BCUT2D eigenvalue weighted by atomic mass is 32.2. The second-order valence-electron chi connectivity index (χ2n) is 8.53. The minimum Gasteiger partial charge on any atom is -0.348 e. The molecule has 0 fully saturated rings. The van der Waals surface area contributed by atoms with Gasteiger partial charge in [0, 0.05) is 17.9 Å². The highest BCUT2D eigenvalue weighted by Crippen LogP contribution is 2.31. The molecule has 0 atom stereocenters. The summed E-state index contributed by atoms with van der Waals surface area (Å²) < 4.78 is 1.64. The van der Waals surface area contributed by atoms with Gasteiger partial charge in [0.2, 0.25) is 5.91 Å². The van der Waals surface area contributed by atoms with Crippen molar-refractivity contribution in [2.45, 2.75) is 10.9 Å². The number of carbonyl (C=O) groups excluding carboxylic acids is 3. The first kappa shape index (κ1) is 26.1. The molecule has 3 N–H and O–H groups in total. The topological polar surface area (TPSA) is 100 Å². The molecule has 4 aromatic carbocycles. The smallest absolute Gasteiger partial charge is 0.256 e. The number of thiazole rings is 1. The van der Waals surface area contributed by atoms with Gasteiger partial charge in [0.05, 0.1) is 27.1 Å². The van der Waals surface area contributed by atoms with Crippen LogP contribution in [0.5, 0.6) is 0 Å². The van der Waals surface area contributed by atoms with Gasteiger partial charge in [-0.1, -0.05) is 72.4 Å². The van der Waals surface area contributed by atoms with E-state index in [1.54, 1.807) is 30.3 Å². The van der Waals surface area contributed by atoms with Gasteiger partial charge in [-0.25, -0.2) is 4.98 Å². The van der Waals surface area contributed by atoms with Crippen LogP contribution in [0.2, 0.25) is 0 Å². The van der Waals surface area contributed by atoms with Crippen molar-refractivity contribution in [3.63, 3.8) is 0 Å². The predicted molar refractivity (Wildman–Crippen MR) is 157 cm³/mol. The lowest BCUT2D eigenvalue weighted by atomic mass is 10.1. The summed E-state index contributed by atoms with van der Waals surface area (Å²) in [5, 5.41) is 8.64. The van der Waals surface area contributed by atoms with Crippen molar-refractivity contribution in [1.29, 1.82) is 0 Å². The zero-order valence-electron chi connectivity index (χ0n) is 20.7. The van der Waals surface area contributed by atoms with Crippen molar-refractivity contribution in [1.82, 2.24) is 10.3 Å². The maximum atomic E-state index is 13.1. The Labute approximate surface area is 233 Å². The maximum Gasteiger partial charge on any atom is 0.256 e. The summed E-state index contributed by atoms with van der Waals surface area (Å²) in [4.78, 5) is 42.8. The molecule has 194 valence electrons. The van der Waals surface area contributed by atoms with Crippen molar-refractivity contribution in [2.24, 2.45) is 0 Å². The summed E-state index contributed by atoms with van der Waals surface area (Å²) in [6.45, 7) is 0.367. The van der Waals surface area contributed by atoms with E-state index in [1.807, 2.05) is 72.8 Å². The van der Waals surface area contributed by atoms with Gasteiger partial charge < -0.3 is 16.0 Å². The second-order valence-corrected chi connectivity index (χ2v) is 10.8. The van der Waals surface area contributed by atoms with Crippen molar-refractivity contribution in [3.8, 4) is 0 Å². The molecular formula is C30H24N4O3S2. The van der Waals surface area contributed by atoms with Gasteiger partial charge in [-0.3, -0.25) is 14.4 Å². The number of nitrogens with zero attached hydrogens (tertiary/aromatic N) is 1. The number of rotatable bonds is 9. The summed E-state index contributed by atoms with van der Waals surface area (Å²) in [6.07, 6.45) is 0. The molecule has 0 radical (unpaired) electrons. The van der Waals surface area contributed by atoms with E-state index in [-0.39, 0.29) is 29.0 Å². The number of amides is 3. The van der Waals surface area contributed by atoms with Crippen LogP contribution in [-0.2, 0) is 11.3 Å². The van der Waals surface area contributed by atoms with Gasteiger partial charge in [-0.2, -0.15) is 0 Å². The molecule has 0 aliphatic rings. The summed E-state index contributed by atoms with van der Waals surface area (Å²) in [7, 11) is 0. The summed E-state index contributed by atoms with van der Waals surface area (Å²) >= 11 is 2.81. The van der Waals surface area contributed by atoms with Crippen LogP contribution >= 0.6 is 23.1 Å². The Morgan fingerprint density at radius 2 is 1.38 bits per heavy atom. The number of para-hydroxylation sites is 1. The number of anilines is 2. The number of thioether (sulfide) groups is 1. The minimum atomic E-state index is -0.378. The van der Waals surface area contributed by atoms with Crippen LogP contribution in [0.1, 0.15) is 26.3 Å². The van der Waals surface area contributed by atoms with Gasteiger partial charge >= 0.3 is 0 Å². The molecule has 0 aliphatic carbocycles. The third kappa shape index (κ3) is 6.90. The lowest BCUT2D eigenvalue weighted by molar-refractivity contribution is -0.113. The molecule has 5 rings (SSSR count). The second kappa shape index (κ2) is 12.4. The summed E-state index contributed by atoms with van der Waals surface area (Å²) in [6, 6.07) is 31.1. The van der Waals surface area contributed by atoms with Crippen molar-refractivity contribution in [2.75, 3.05) is 16.4 Å². The molecule has 0 bridgehead atoms. The van der Waals surface area contributed by atoms with E-state index in [9.17, 15) is 14.4 Å². The monoisotopic (exact) mass is 552 g/mol. The first-order valence-electron chi connectivity index (χ1n) is 12.2. The number of hydrogen-bond donors (Lipinski definition) is 3. The molecule has 0 saturated heterocycles. The van der Waals surface area contributed by atoms with E-state index in [1.165, 1.54) is 23.1 Å². The first-order chi connectivity index (χ1) is 19.0. The number of benzene rings is 4. The lowest BCUT2D eigenvalue weighted by Gasteiger charge is -2.11. The number of aromatic nitrogens is 1. The molecule has 0 aliphatic heterocycles. The molecule has 0 spiro atoms. The number of fused-ring (bicyclic) bond motifs is 1. The van der Waals surface area contributed by atoms with E-state index >= 15 is 0 Å². The molecule has 39 heavy (non-hydrogen) atoms. The molecule has 1 heterocycles. The molecule has 1 aromatic heterocycles. The fourth-order valence-corrected chi connectivity index (χ4v) is 5.75. The molecule has 9 heteroatoms. The Balaban J connectivity index is 1.22. The maximum absolute atomic E-state index is 13.1. The van der Waals surface area contributed by atoms with Crippen LogP contribution in [-0.4, -0.2) is 28.5 Å². The molecule has 3 amide bonds. The fourth-order valence-electron chi connectivity index (χ4n) is 3.84. The average Bonchev–Trinajstić information content (AvgIpc) is 3.38. The van der Waals surface area contributed by atoms with E-state index in [0.717, 1.165) is 25.8 Å². The minimum absolute atomic E-state index is 0.107. The Bertz CT molecular complexity index is 1620. The summed E-state index contributed by atoms with van der Waals surface area (Å²) in [5.74, 6) is -0.566. The molecule has 0 unspecified atom stereocenters. The van der Waals surface area contributed by atoms with Crippen LogP contribution in [0, 0.1) is 0 Å². The van der Waals surface area contributed by atoms with Crippen LogP contribution in [0.4, 0.5) is 11.4 Å². The van der Waals surface area contributed by atoms with Crippen molar-refractivity contribution < 1.29 is 14.4 Å². The zero-order chi connectivity index (χ0) is 27.0. The van der Waals surface area contributed by atoms with Gasteiger partial charge in [-0.05, 0) is 48.0 Å². The molecule has 7 nitrogen and oxygen atoms in total. The zero-order valence-corrected chi connectivity index (χ0v) is 22.4. The Kier molecular flexibility index (Phi) is 8.30. The molecule has 5 aromatic rings. The van der Waals surface area contributed by atoms with Gasteiger partial charge in [0.1, 0.15) is 0 Å². The van der Waals surface area contributed by atoms with E-state index in [4.69, 9.17) is 0 Å². The number of nitrogens with one attached hydrogen (secondary N) is 3. The third-order valence-corrected chi connectivity index (χ3v) is 7.88. The van der Waals surface area contributed by atoms with Crippen LogP contribution in [0.15, 0.2) is 107 Å². The Morgan fingerprint density at radius 1 is 0.718 bits per heavy atom. The van der Waals surface area contributed by atoms with Crippen LogP contribution < -0.4 is 16.0 Å². The fraction of sp³-hybridized carbons (Fsp3) is 0.0667. The first-order valence-corrected chi connectivity index (χ1v) is 14.0. The quantitative estimate of drug-likeness (QED) is 0.189. The number of hydrogen-bond acceptors (Lipinski definition) is 6. The van der Waals surface area contributed by atoms with Crippen LogP contribution in [0.25, 0.3) is 10.2 Å². The largest absolute Gasteiger partial charge is 0.348 e. The predicted octanol–water partition coefficient (Wildman–Crippen LogP) is 6.21. The average molecular weight is 553 g/mol. The van der Waals surface area contributed by atoms with E-state index < -0.39 is 0 Å². The van der Waals surface area contributed by atoms with E-state index in [2.05, 4.69) is 20.9 Å². The normalized spacial score (nSPS) is 10.7. The van der Waals surface area contributed by atoms with Gasteiger partial charge in [0.25, 0.3) is 11.8 Å². The van der Waals surface area contributed by atoms with E-state index in [0.29, 0.717) is 17.8 Å². The summed E-state index contributed by atoms with van der Waals surface area (Å²) in [5.41, 5.74) is 3.69. The van der Waals surface area contributed by atoms with Gasteiger partial charge in [0.15, 0.2) is 4.34 Å². The van der Waals surface area contributed by atoms with Crippen LogP contribution in [0.3, 0.4) is 0 Å². The van der Waals surface area contributed by atoms with Gasteiger partial charge in [-0.15, -0.1) is 11.3 Å². The third-order valence-electron chi connectivity index (χ3n) is 5.72. The van der Waals surface area contributed by atoms with Crippen molar-refractivity contribution in [3.05, 3.63) is 120 Å². The molecule has 0 saturated carbocycles. The SMILES string of the molecule is O=C(CSc1nc2ccc(NC(=O)c3ccccc3C(=O)NCc3ccccc3)cc2s1)Nc1ccccc1. The standard InChI is InChI=1S/C30H24N4O3S2/c35-27(32-21-11-5-2-6-12-21)19-38-30-34-25-16-15-22(17-26(25)39-30)33-29(37)24-14-8-7-13-23(24)28(36)31-18-20-9-3-1-4-10-20/h1-17H,18-19H2,(H,31,36)(H,32,35)(H,33,37). The lowest BCUT2D eigenvalue weighted by Crippen LogP contribution is -2.26.